The van der Waals surface area contributed by atoms with Crippen LogP contribution in [0.4, 0.5) is 0 Å². The Morgan fingerprint density at radius 3 is 3.00 bits per heavy atom. The minimum Gasteiger partial charge on any atom is -0.373 e. The highest BCUT2D eigenvalue weighted by molar-refractivity contribution is 5.94. The first-order valence-electron chi connectivity index (χ1n) is 10.7. The summed E-state index contributed by atoms with van der Waals surface area (Å²) in [6.45, 7) is 7.34. The average molecular weight is 402 g/mol. The van der Waals surface area contributed by atoms with E-state index in [0.717, 1.165) is 49.7 Å². The van der Waals surface area contributed by atoms with E-state index in [1.165, 1.54) is 19.4 Å². The van der Waals surface area contributed by atoms with Crippen LogP contribution in [0.1, 0.15) is 35.7 Å². The zero-order valence-electron chi connectivity index (χ0n) is 18.0. The van der Waals surface area contributed by atoms with Gasteiger partial charge in [-0.1, -0.05) is 12.1 Å². The molecule has 2 heterocycles. The average Bonchev–Trinajstić information content (AvgIpc) is 3.19. The lowest BCUT2D eigenvalue weighted by Gasteiger charge is -2.34. The van der Waals surface area contributed by atoms with Gasteiger partial charge in [0.05, 0.1) is 19.3 Å². The summed E-state index contributed by atoms with van der Waals surface area (Å²) in [6.07, 6.45) is 3.55. The zero-order valence-corrected chi connectivity index (χ0v) is 18.0. The van der Waals surface area contributed by atoms with Gasteiger partial charge in [0.25, 0.3) is 5.91 Å². The number of nitrogens with one attached hydrogen (secondary N) is 2. The number of hydrogen-bond acceptors (Lipinski definition) is 4. The standard InChI is InChI=1S/C22H35N5O2/c1-4-23-22(25-14-20-15-27-12-6-9-19(27)16-29-20)24-11-10-17-7-5-8-18(13-17)21(28)26(2)3/h5,7-8,13,19-20H,4,6,9-12,14-16H2,1-3H3,(H2,23,24,25). The Morgan fingerprint density at radius 1 is 1.34 bits per heavy atom. The Morgan fingerprint density at radius 2 is 2.21 bits per heavy atom. The Hall–Kier alpha value is -2.12. The first-order chi connectivity index (χ1) is 14.1. The van der Waals surface area contributed by atoms with Crippen molar-refractivity contribution < 1.29 is 9.53 Å². The maximum absolute atomic E-state index is 12.1. The van der Waals surface area contributed by atoms with Crippen LogP contribution in [0, 0.1) is 0 Å². The number of morpholine rings is 1. The third-order valence-corrected chi connectivity index (χ3v) is 5.55. The molecule has 0 saturated carbocycles. The summed E-state index contributed by atoms with van der Waals surface area (Å²) < 4.78 is 6.01. The molecule has 2 unspecified atom stereocenters. The minimum absolute atomic E-state index is 0.0300. The van der Waals surface area contributed by atoms with Gasteiger partial charge in [0.2, 0.25) is 0 Å². The van der Waals surface area contributed by atoms with Crippen LogP contribution in [-0.2, 0) is 11.2 Å². The van der Waals surface area contributed by atoms with Crippen LogP contribution in [0.2, 0.25) is 0 Å². The van der Waals surface area contributed by atoms with E-state index < -0.39 is 0 Å². The molecule has 3 rings (SSSR count). The van der Waals surface area contributed by atoms with Crippen molar-refractivity contribution in [3.05, 3.63) is 35.4 Å². The number of ether oxygens (including phenoxy) is 1. The molecule has 0 bridgehead atoms. The SMILES string of the molecule is CCNC(=NCC1CN2CCCC2CO1)NCCc1cccc(C(=O)N(C)C)c1. The fourth-order valence-corrected chi connectivity index (χ4v) is 3.97. The van der Waals surface area contributed by atoms with Crippen molar-refractivity contribution in [3.63, 3.8) is 0 Å². The number of carbonyl (C=O) groups is 1. The number of aliphatic imine (C=N–C) groups is 1. The van der Waals surface area contributed by atoms with Gasteiger partial charge in [0, 0.05) is 45.3 Å². The van der Waals surface area contributed by atoms with Crippen LogP contribution in [0.3, 0.4) is 0 Å². The van der Waals surface area contributed by atoms with Crippen molar-refractivity contribution in [2.24, 2.45) is 4.99 Å². The number of benzene rings is 1. The van der Waals surface area contributed by atoms with E-state index in [1.54, 1.807) is 19.0 Å². The number of hydrogen-bond donors (Lipinski definition) is 2. The second-order valence-corrected chi connectivity index (χ2v) is 8.04. The molecule has 1 aromatic carbocycles. The third kappa shape index (κ3) is 6.18. The summed E-state index contributed by atoms with van der Waals surface area (Å²) in [5, 5.41) is 6.71. The van der Waals surface area contributed by atoms with Crippen molar-refractivity contribution in [2.75, 3.05) is 53.4 Å². The van der Waals surface area contributed by atoms with Crippen LogP contribution in [0.5, 0.6) is 0 Å². The van der Waals surface area contributed by atoms with Crippen molar-refractivity contribution in [1.82, 2.24) is 20.4 Å². The van der Waals surface area contributed by atoms with Crippen molar-refractivity contribution >= 4 is 11.9 Å². The smallest absolute Gasteiger partial charge is 0.253 e. The first kappa shape index (κ1) is 21.6. The molecule has 160 valence electrons. The summed E-state index contributed by atoms with van der Waals surface area (Å²) in [4.78, 5) is 21.0. The highest BCUT2D eigenvalue weighted by Gasteiger charge is 2.31. The Bertz CT molecular complexity index is 706. The van der Waals surface area contributed by atoms with E-state index in [-0.39, 0.29) is 12.0 Å². The monoisotopic (exact) mass is 401 g/mol. The van der Waals surface area contributed by atoms with Crippen LogP contribution < -0.4 is 10.6 Å². The fourth-order valence-electron chi connectivity index (χ4n) is 3.97. The van der Waals surface area contributed by atoms with E-state index in [4.69, 9.17) is 9.73 Å². The van der Waals surface area contributed by atoms with Gasteiger partial charge in [-0.05, 0) is 50.4 Å². The molecule has 29 heavy (non-hydrogen) atoms. The van der Waals surface area contributed by atoms with Gasteiger partial charge < -0.3 is 20.3 Å². The van der Waals surface area contributed by atoms with Gasteiger partial charge in [-0.3, -0.25) is 14.7 Å². The van der Waals surface area contributed by atoms with E-state index in [2.05, 4.69) is 28.5 Å². The van der Waals surface area contributed by atoms with Gasteiger partial charge in [-0.2, -0.15) is 0 Å². The Kier molecular flexibility index (Phi) is 7.89. The Balaban J connectivity index is 1.48. The summed E-state index contributed by atoms with van der Waals surface area (Å²) >= 11 is 0. The quantitative estimate of drug-likeness (QED) is 0.533. The highest BCUT2D eigenvalue weighted by Crippen LogP contribution is 2.22. The first-order valence-corrected chi connectivity index (χ1v) is 10.7. The number of rotatable bonds is 7. The number of nitrogens with zero attached hydrogens (tertiary/aromatic N) is 3. The molecule has 1 amide bonds. The molecule has 2 saturated heterocycles. The van der Waals surface area contributed by atoms with Gasteiger partial charge in [-0.25, -0.2) is 0 Å². The summed E-state index contributed by atoms with van der Waals surface area (Å²) in [7, 11) is 3.55. The topological polar surface area (TPSA) is 69.2 Å². The molecule has 0 aromatic heterocycles. The molecule has 2 aliphatic heterocycles. The van der Waals surface area contributed by atoms with E-state index in [1.807, 2.05) is 18.2 Å². The molecule has 2 atom stereocenters. The molecular weight excluding hydrogens is 366 g/mol. The van der Waals surface area contributed by atoms with Crippen LogP contribution in [-0.4, -0.2) is 87.2 Å². The largest absolute Gasteiger partial charge is 0.373 e. The molecule has 7 heteroatoms. The normalized spacial score (nSPS) is 22.2. The van der Waals surface area contributed by atoms with E-state index in [0.29, 0.717) is 12.6 Å². The number of fused-ring (bicyclic) bond motifs is 1. The number of carbonyl (C=O) groups excluding carboxylic acids is 1. The van der Waals surface area contributed by atoms with Gasteiger partial charge in [-0.15, -0.1) is 0 Å². The van der Waals surface area contributed by atoms with Crippen molar-refractivity contribution in [1.29, 1.82) is 0 Å². The van der Waals surface area contributed by atoms with Gasteiger partial charge >= 0.3 is 0 Å². The van der Waals surface area contributed by atoms with Gasteiger partial charge in [0.1, 0.15) is 0 Å². The molecule has 1 aromatic rings. The molecule has 2 fully saturated rings. The third-order valence-electron chi connectivity index (χ3n) is 5.55. The molecule has 2 aliphatic rings. The summed E-state index contributed by atoms with van der Waals surface area (Å²) in [5.41, 5.74) is 1.86. The maximum atomic E-state index is 12.1. The van der Waals surface area contributed by atoms with Crippen molar-refractivity contribution in [3.8, 4) is 0 Å². The molecule has 7 nitrogen and oxygen atoms in total. The van der Waals surface area contributed by atoms with E-state index in [9.17, 15) is 4.79 Å². The lowest BCUT2D eigenvalue weighted by Crippen LogP contribution is -2.47. The number of amides is 1. The van der Waals surface area contributed by atoms with Crippen molar-refractivity contribution in [2.45, 2.75) is 38.3 Å². The van der Waals surface area contributed by atoms with Crippen LogP contribution in [0.15, 0.2) is 29.3 Å². The maximum Gasteiger partial charge on any atom is 0.253 e. The highest BCUT2D eigenvalue weighted by atomic mass is 16.5. The fraction of sp³-hybridized carbons (Fsp3) is 0.636. The second-order valence-electron chi connectivity index (χ2n) is 8.04. The van der Waals surface area contributed by atoms with Crippen LogP contribution in [0.25, 0.3) is 0 Å². The predicted octanol–water partition coefficient (Wildman–Crippen LogP) is 1.35. The lowest BCUT2D eigenvalue weighted by atomic mass is 10.1. The zero-order chi connectivity index (χ0) is 20.6. The molecular formula is C22H35N5O2. The lowest BCUT2D eigenvalue weighted by molar-refractivity contribution is -0.0432. The summed E-state index contributed by atoms with van der Waals surface area (Å²) in [6, 6.07) is 8.45. The van der Waals surface area contributed by atoms with E-state index >= 15 is 0 Å². The molecule has 0 radical (unpaired) electrons. The molecule has 2 N–H and O–H groups in total. The molecule has 0 spiro atoms. The Labute approximate surface area is 174 Å². The van der Waals surface area contributed by atoms with Gasteiger partial charge in [0.15, 0.2) is 5.96 Å². The minimum atomic E-state index is 0.0300. The predicted molar refractivity (Wildman–Crippen MR) is 116 cm³/mol. The molecule has 0 aliphatic carbocycles. The summed E-state index contributed by atoms with van der Waals surface area (Å²) in [5.74, 6) is 0.850. The van der Waals surface area contributed by atoms with Crippen LogP contribution >= 0.6 is 0 Å². The number of guanidine groups is 1. The second kappa shape index (κ2) is 10.6.